The van der Waals surface area contributed by atoms with Crippen molar-refractivity contribution in [1.82, 2.24) is 4.90 Å². The summed E-state index contributed by atoms with van der Waals surface area (Å²) in [6.07, 6.45) is 1.52. The Morgan fingerprint density at radius 3 is 2.64 bits per heavy atom. The Morgan fingerprint density at radius 1 is 1.23 bits per heavy atom. The molecule has 22 heavy (non-hydrogen) atoms. The van der Waals surface area contributed by atoms with Crippen molar-refractivity contribution in [2.75, 3.05) is 43.9 Å². The number of hydrogen-bond donors (Lipinski definition) is 1. The second-order valence-corrected chi connectivity index (χ2v) is 5.19. The standard InChI is InChI=1S/C16H19N3O3/c1-21-15-11-12(17)4-5-13(15)18-6-8-19(9-7-18)16(20)14-3-2-10-22-14/h2-5,10-11H,6-9,17H2,1H3. The van der Waals surface area contributed by atoms with Gasteiger partial charge in [0.2, 0.25) is 0 Å². The number of carbonyl (C=O) groups excluding carboxylic acids is 1. The molecule has 1 aliphatic heterocycles. The van der Waals surface area contributed by atoms with E-state index >= 15 is 0 Å². The number of furan rings is 1. The molecule has 116 valence electrons. The SMILES string of the molecule is COc1cc(N)ccc1N1CCN(C(=O)c2ccco2)CC1. The van der Waals surface area contributed by atoms with E-state index in [9.17, 15) is 4.79 Å². The van der Waals surface area contributed by atoms with Gasteiger partial charge in [-0.25, -0.2) is 0 Å². The third-order valence-electron chi connectivity index (χ3n) is 3.84. The van der Waals surface area contributed by atoms with E-state index in [2.05, 4.69) is 4.90 Å². The first-order valence-electron chi connectivity index (χ1n) is 7.20. The van der Waals surface area contributed by atoms with E-state index in [0.717, 1.165) is 24.5 Å². The second kappa shape index (κ2) is 6.01. The molecule has 1 aromatic heterocycles. The quantitative estimate of drug-likeness (QED) is 0.876. The van der Waals surface area contributed by atoms with Crippen LogP contribution < -0.4 is 15.4 Å². The highest BCUT2D eigenvalue weighted by Crippen LogP contribution is 2.31. The largest absolute Gasteiger partial charge is 0.495 e. The van der Waals surface area contributed by atoms with Crippen LogP contribution in [-0.2, 0) is 0 Å². The number of carbonyl (C=O) groups is 1. The van der Waals surface area contributed by atoms with Crippen molar-refractivity contribution in [3.63, 3.8) is 0 Å². The molecule has 1 amide bonds. The van der Waals surface area contributed by atoms with E-state index in [1.165, 1.54) is 6.26 Å². The first-order chi connectivity index (χ1) is 10.7. The molecule has 0 bridgehead atoms. The lowest BCUT2D eigenvalue weighted by Gasteiger charge is -2.36. The van der Waals surface area contributed by atoms with Gasteiger partial charge in [-0.05, 0) is 24.3 Å². The molecule has 0 aliphatic carbocycles. The predicted molar refractivity (Wildman–Crippen MR) is 84.2 cm³/mol. The number of rotatable bonds is 3. The van der Waals surface area contributed by atoms with Crippen molar-refractivity contribution in [2.45, 2.75) is 0 Å². The van der Waals surface area contributed by atoms with Gasteiger partial charge in [0, 0.05) is 37.9 Å². The maximum Gasteiger partial charge on any atom is 0.289 e. The Labute approximate surface area is 129 Å². The van der Waals surface area contributed by atoms with Crippen LogP contribution in [0, 0.1) is 0 Å². The van der Waals surface area contributed by atoms with Gasteiger partial charge in [-0.3, -0.25) is 4.79 Å². The van der Waals surface area contributed by atoms with E-state index < -0.39 is 0 Å². The number of piperazine rings is 1. The first-order valence-corrected chi connectivity index (χ1v) is 7.20. The molecule has 6 heteroatoms. The number of ether oxygens (including phenoxy) is 1. The van der Waals surface area contributed by atoms with Gasteiger partial charge in [-0.1, -0.05) is 0 Å². The zero-order valence-electron chi connectivity index (χ0n) is 12.5. The van der Waals surface area contributed by atoms with E-state index in [0.29, 0.717) is 24.5 Å². The van der Waals surface area contributed by atoms with Gasteiger partial charge >= 0.3 is 0 Å². The fraction of sp³-hybridized carbons (Fsp3) is 0.312. The topological polar surface area (TPSA) is 71.9 Å². The van der Waals surface area contributed by atoms with Gasteiger partial charge in [0.05, 0.1) is 19.1 Å². The zero-order valence-corrected chi connectivity index (χ0v) is 12.5. The molecular weight excluding hydrogens is 282 g/mol. The Balaban J connectivity index is 1.68. The lowest BCUT2D eigenvalue weighted by Crippen LogP contribution is -2.48. The number of nitrogens with two attached hydrogens (primary N) is 1. The van der Waals surface area contributed by atoms with Crippen LogP contribution in [0.25, 0.3) is 0 Å². The number of methoxy groups -OCH3 is 1. The lowest BCUT2D eigenvalue weighted by molar-refractivity contribution is 0.0714. The summed E-state index contributed by atoms with van der Waals surface area (Å²) in [4.78, 5) is 16.2. The molecule has 0 saturated carbocycles. The fourth-order valence-corrected chi connectivity index (χ4v) is 2.66. The molecule has 0 spiro atoms. The first kappa shape index (κ1) is 14.3. The third-order valence-corrected chi connectivity index (χ3v) is 3.84. The maximum atomic E-state index is 12.2. The minimum Gasteiger partial charge on any atom is -0.495 e. The summed E-state index contributed by atoms with van der Waals surface area (Å²) < 4.78 is 10.6. The number of amides is 1. The van der Waals surface area contributed by atoms with Crippen LogP contribution in [0.2, 0.25) is 0 Å². The smallest absolute Gasteiger partial charge is 0.289 e. The molecule has 2 heterocycles. The van der Waals surface area contributed by atoms with Crippen molar-refractivity contribution in [3.8, 4) is 5.75 Å². The molecule has 0 atom stereocenters. The number of nitrogen functional groups attached to an aromatic ring is 1. The van der Waals surface area contributed by atoms with Crippen LogP contribution in [0.15, 0.2) is 41.0 Å². The van der Waals surface area contributed by atoms with Crippen molar-refractivity contribution in [3.05, 3.63) is 42.4 Å². The normalized spacial score (nSPS) is 15.0. The van der Waals surface area contributed by atoms with E-state index in [1.807, 2.05) is 18.2 Å². The monoisotopic (exact) mass is 301 g/mol. The molecule has 3 rings (SSSR count). The van der Waals surface area contributed by atoms with E-state index in [4.69, 9.17) is 14.9 Å². The summed E-state index contributed by atoms with van der Waals surface area (Å²) in [6, 6.07) is 9.05. The van der Waals surface area contributed by atoms with E-state index in [1.54, 1.807) is 24.1 Å². The predicted octanol–water partition coefficient (Wildman–Crippen LogP) is 1.83. The fourth-order valence-electron chi connectivity index (χ4n) is 2.66. The summed E-state index contributed by atoms with van der Waals surface area (Å²) in [5.74, 6) is 1.08. The van der Waals surface area contributed by atoms with Crippen molar-refractivity contribution in [2.24, 2.45) is 0 Å². The number of anilines is 2. The van der Waals surface area contributed by atoms with Crippen molar-refractivity contribution in [1.29, 1.82) is 0 Å². The Hall–Kier alpha value is -2.63. The lowest BCUT2D eigenvalue weighted by atomic mass is 10.2. The molecule has 1 saturated heterocycles. The van der Waals surface area contributed by atoms with Crippen LogP contribution in [0.3, 0.4) is 0 Å². The summed E-state index contributed by atoms with van der Waals surface area (Å²) in [5, 5.41) is 0. The molecule has 1 aliphatic rings. The summed E-state index contributed by atoms with van der Waals surface area (Å²) >= 11 is 0. The Bertz CT molecular complexity index is 647. The average molecular weight is 301 g/mol. The Morgan fingerprint density at radius 2 is 2.00 bits per heavy atom. The average Bonchev–Trinajstić information content (AvgIpc) is 3.08. The third kappa shape index (κ3) is 2.72. The van der Waals surface area contributed by atoms with Gasteiger partial charge in [-0.2, -0.15) is 0 Å². The number of nitrogens with zero attached hydrogens (tertiary/aromatic N) is 2. The molecule has 0 radical (unpaired) electrons. The molecule has 2 N–H and O–H groups in total. The molecule has 1 aromatic carbocycles. The van der Waals surface area contributed by atoms with Crippen LogP contribution in [0.1, 0.15) is 10.6 Å². The van der Waals surface area contributed by atoms with Gasteiger partial charge in [0.15, 0.2) is 5.76 Å². The van der Waals surface area contributed by atoms with Crippen LogP contribution >= 0.6 is 0 Å². The molecule has 1 fully saturated rings. The maximum absolute atomic E-state index is 12.2. The van der Waals surface area contributed by atoms with Crippen LogP contribution in [0.5, 0.6) is 5.75 Å². The van der Waals surface area contributed by atoms with Crippen LogP contribution in [0.4, 0.5) is 11.4 Å². The molecule has 0 unspecified atom stereocenters. The second-order valence-electron chi connectivity index (χ2n) is 5.19. The molecule has 6 nitrogen and oxygen atoms in total. The zero-order chi connectivity index (χ0) is 15.5. The van der Waals surface area contributed by atoms with Crippen molar-refractivity contribution >= 4 is 17.3 Å². The summed E-state index contributed by atoms with van der Waals surface area (Å²) in [5.41, 5.74) is 7.46. The molecular formula is C16H19N3O3. The van der Waals surface area contributed by atoms with Crippen LogP contribution in [-0.4, -0.2) is 44.1 Å². The molecule has 2 aromatic rings. The minimum atomic E-state index is -0.0612. The van der Waals surface area contributed by atoms with Gasteiger partial charge in [0.25, 0.3) is 5.91 Å². The highest BCUT2D eigenvalue weighted by atomic mass is 16.5. The summed E-state index contributed by atoms with van der Waals surface area (Å²) in [7, 11) is 1.63. The number of benzene rings is 1. The summed E-state index contributed by atoms with van der Waals surface area (Å²) in [6.45, 7) is 2.78. The van der Waals surface area contributed by atoms with Gasteiger partial charge in [-0.15, -0.1) is 0 Å². The highest BCUT2D eigenvalue weighted by molar-refractivity contribution is 5.91. The number of hydrogen-bond acceptors (Lipinski definition) is 5. The van der Waals surface area contributed by atoms with Gasteiger partial charge < -0.3 is 24.7 Å². The highest BCUT2D eigenvalue weighted by Gasteiger charge is 2.25. The van der Waals surface area contributed by atoms with Gasteiger partial charge in [0.1, 0.15) is 5.75 Å². The van der Waals surface area contributed by atoms with E-state index in [-0.39, 0.29) is 5.91 Å². The Kier molecular flexibility index (Phi) is 3.91. The minimum absolute atomic E-state index is 0.0612. The van der Waals surface area contributed by atoms with Crippen molar-refractivity contribution < 1.29 is 13.9 Å².